The number of hydrogen-bond donors (Lipinski definition) is 4. The summed E-state index contributed by atoms with van der Waals surface area (Å²) in [5.41, 5.74) is -1.21. The van der Waals surface area contributed by atoms with Crippen LogP contribution in [0.25, 0.3) is 0 Å². The van der Waals surface area contributed by atoms with Gasteiger partial charge in [0.05, 0.1) is 24.4 Å². The van der Waals surface area contributed by atoms with Crippen LogP contribution in [0.3, 0.4) is 0 Å². The Hall–Kier alpha value is -2.78. The summed E-state index contributed by atoms with van der Waals surface area (Å²) in [6.45, 7) is 4.49. The van der Waals surface area contributed by atoms with Crippen molar-refractivity contribution in [2.24, 2.45) is 17.3 Å². The first-order chi connectivity index (χ1) is 23.7. The maximum absolute atomic E-state index is 14.4. The van der Waals surface area contributed by atoms with Gasteiger partial charge in [0.2, 0.25) is 27.6 Å². The van der Waals surface area contributed by atoms with Crippen molar-refractivity contribution in [2.45, 2.75) is 146 Å². The number of ketones is 1. The standard InChI is InChI=1S/C35H58N6O8S/c1-34(2)24-21-41-28(27(24)34)30(43)37-25(29(42)31(44)36-23-17-18-23)15-11-8-6-5-7-9-12-16-26(32(41)45)38-33(46)39-35(19-13-10-14-20-35)22-50(47,48)40(3)49-4/h23-28H,5-22H2,1-4H3,(H,36,44)(H,37,43)(H2,38,39,46)/t24-,25-,26-,27-,28-/m0/s1. The molecule has 15 heteroatoms. The van der Waals surface area contributed by atoms with Crippen molar-refractivity contribution in [3.05, 3.63) is 0 Å². The van der Waals surface area contributed by atoms with E-state index in [1.165, 1.54) is 14.2 Å². The van der Waals surface area contributed by atoms with E-state index in [1.807, 2.05) is 0 Å². The number of carbonyl (C=O) groups excluding carboxylic acids is 5. The second kappa shape index (κ2) is 15.9. The van der Waals surface area contributed by atoms with Crippen LogP contribution in [0.5, 0.6) is 0 Å². The van der Waals surface area contributed by atoms with Gasteiger partial charge in [0.1, 0.15) is 12.1 Å². The molecule has 50 heavy (non-hydrogen) atoms. The van der Waals surface area contributed by atoms with Gasteiger partial charge in [-0.2, -0.15) is 0 Å². The zero-order valence-corrected chi connectivity index (χ0v) is 31.1. The molecule has 5 rings (SSSR count). The van der Waals surface area contributed by atoms with E-state index in [1.54, 1.807) is 4.90 Å². The topological polar surface area (TPSA) is 183 Å². The van der Waals surface area contributed by atoms with Gasteiger partial charge in [-0.25, -0.2) is 13.2 Å². The van der Waals surface area contributed by atoms with Gasteiger partial charge in [0.25, 0.3) is 5.91 Å². The third kappa shape index (κ3) is 8.98. The average Bonchev–Trinajstić information content (AvgIpc) is 3.92. The molecular formula is C35H58N6O8S. The first-order valence-corrected chi connectivity index (χ1v) is 20.3. The minimum Gasteiger partial charge on any atom is -0.347 e. The fourth-order valence-electron chi connectivity index (χ4n) is 8.54. The molecule has 282 valence electrons. The minimum absolute atomic E-state index is 0.00929. The van der Waals surface area contributed by atoms with Gasteiger partial charge in [0, 0.05) is 19.6 Å². The van der Waals surface area contributed by atoms with E-state index in [0.717, 1.165) is 68.7 Å². The number of carbonyl (C=O) groups is 5. The molecule has 0 aromatic heterocycles. The van der Waals surface area contributed by atoms with Crippen LogP contribution in [0.1, 0.15) is 117 Å². The highest BCUT2D eigenvalue weighted by Gasteiger charge is 2.69. The fourth-order valence-corrected chi connectivity index (χ4v) is 10.0. The number of rotatable bonds is 9. The molecule has 2 heterocycles. The quantitative estimate of drug-likeness (QED) is 0.207. The fraction of sp³-hybridized carbons (Fsp3) is 0.857. The van der Waals surface area contributed by atoms with Crippen molar-refractivity contribution in [1.82, 2.24) is 30.6 Å². The summed E-state index contributed by atoms with van der Waals surface area (Å²) in [6.07, 6.45) is 11.8. The Bertz CT molecular complexity index is 1390. The number of piperidine rings is 1. The number of hydroxylamine groups is 1. The van der Waals surface area contributed by atoms with E-state index in [-0.39, 0.29) is 35.0 Å². The zero-order chi connectivity index (χ0) is 36.3. The molecule has 2 aliphatic heterocycles. The number of nitrogens with zero attached hydrogens (tertiary/aromatic N) is 2. The SMILES string of the molecule is CON(C)S(=O)(=O)CC1(NC(=O)N[C@H]2CCCCCCCCC[C@@H](C(=O)C(=O)NC3CC3)NC(=O)[C@@H]3[C@@H]4[C@H](CN3C2=O)C4(C)C)CCCCC1. The van der Waals surface area contributed by atoms with Gasteiger partial charge in [-0.1, -0.05) is 82.5 Å². The van der Waals surface area contributed by atoms with Crippen LogP contribution in [0.4, 0.5) is 4.79 Å². The Labute approximate surface area is 296 Å². The molecule has 0 bridgehead atoms. The monoisotopic (exact) mass is 722 g/mol. The smallest absolute Gasteiger partial charge is 0.315 e. The van der Waals surface area contributed by atoms with E-state index >= 15 is 0 Å². The summed E-state index contributed by atoms with van der Waals surface area (Å²) in [7, 11) is -1.26. The third-order valence-corrected chi connectivity index (χ3v) is 13.8. The first-order valence-electron chi connectivity index (χ1n) is 18.7. The summed E-state index contributed by atoms with van der Waals surface area (Å²) < 4.78 is 26.9. The summed E-state index contributed by atoms with van der Waals surface area (Å²) in [6, 6.07) is -3.36. The van der Waals surface area contributed by atoms with Crippen molar-refractivity contribution < 1.29 is 37.2 Å². The lowest BCUT2D eigenvalue weighted by molar-refractivity contribution is -0.144. The molecule has 0 unspecified atom stereocenters. The number of urea groups is 1. The number of nitrogens with one attached hydrogen (secondary N) is 4. The molecule has 5 fully saturated rings. The maximum atomic E-state index is 14.4. The average molecular weight is 723 g/mol. The summed E-state index contributed by atoms with van der Waals surface area (Å²) >= 11 is 0. The van der Waals surface area contributed by atoms with E-state index in [4.69, 9.17) is 4.84 Å². The Morgan fingerprint density at radius 2 is 1.50 bits per heavy atom. The van der Waals surface area contributed by atoms with Crippen molar-refractivity contribution in [1.29, 1.82) is 0 Å². The molecule has 5 atom stereocenters. The molecule has 5 amide bonds. The van der Waals surface area contributed by atoms with Crippen molar-refractivity contribution in [3.8, 4) is 0 Å². The Kier molecular flexibility index (Phi) is 12.2. The third-order valence-electron chi connectivity index (χ3n) is 11.9. The molecule has 14 nitrogen and oxygen atoms in total. The lowest BCUT2D eigenvalue weighted by Gasteiger charge is -2.39. The molecule has 2 saturated heterocycles. The number of amides is 5. The second-order valence-corrected chi connectivity index (χ2v) is 17.9. The van der Waals surface area contributed by atoms with Crippen LogP contribution >= 0.6 is 0 Å². The molecular weight excluding hydrogens is 664 g/mol. The largest absolute Gasteiger partial charge is 0.347 e. The highest BCUT2D eigenvalue weighted by molar-refractivity contribution is 7.89. The zero-order valence-electron chi connectivity index (χ0n) is 30.3. The van der Waals surface area contributed by atoms with E-state index in [0.29, 0.717) is 45.1 Å². The van der Waals surface area contributed by atoms with Crippen molar-refractivity contribution in [3.63, 3.8) is 0 Å². The minimum atomic E-state index is -3.85. The Balaban J connectivity index is 1.35. The number of fused-ring (bicyclic) bond motifs is 3. The van der Waals surface area contributed by atoms with E-state index < -0.39 is 57.3 Å². The van der Waals surface area contributed by atoms with Crippen LogP contribution in [0.15, 0.2) is 0 Å². The first kappa shape index (κ1) is 38.5. The van der Waals surface area contributed by atoms with Gasteiger partial charge >= 0.3 is 6.03 Å². The molecule has 0 aromatic rings. The lowest BCUT2D eigenvalue weighted by Crippen LogP contribution is -2.62. The van der Waals surface area contributed by atoms with Gasteiger partial charge in [-0.05, 0) is 55.8 Å². The van der Waals surface area contributed by atoms with Crippen LogP contribution in [0.2, 0.25) is 0 Å². The van der Waals surface area contributed by atoms with Gasteiger partial charge < -0.3 is 26.2 Å². The summed E-state index contributed by atoms with van der Waals surface area (Å²) in [5.74, 6) is -2.51. The van der Waals surface area contributed by atoms with Gasteiger partial charge in [-0.15, -0.1) is 0 Å². The summed E-state index contributed by atoms with van der Waals surface area (Å²) in [5, 5.41) is 11.5. The lowest BCUT2D eigenvalue weighted by atomic mass is 9.83. The van der Waals surface area contributed by atoms with Crippen molar-refractivity contribution in [2.75, 3.05) is 26.5 Å². The molecule has 4 N–H and O–H groups in total. The van der Waals surface area contributed by atoms with Crippen LogP contribution < -0.4 is 21.3 Å². The van der Waals surface area contributed by atoms with Crippen LogP contribution in [-0.2, 0) is 34.0 Å². The highest BCUT2D eigenvalue weighted by Crippen LogP contribution is 2.65. The van der Waals surface area contributed by atoms with Crippen molar-refractivity contribution >= 4 is 39.6 Å². The Morgan fingerprint density at radius 1 is 0.900 bits per heavy atom. The predicted molar refractivity (Wildman–Crippen MR) is 186 cm³/mol. The van der Waals surface area contributed by atoms with E-state index in [9.17, 15) is 32.4 Å². The second-order valence-electron chi connectivity index (χ2n) is 16.0. The molecule has 0 radical (unpaired) electrons. The molecule has 5 aliphatic rings. The molecule has 0 aromatic carbocycles. The van der Waals surface area contributed by atoms with Gasteiger partial charge in [-0.3, -0.25) is 24.0 Å². The van der Waals surface area contributed by atoms with Gasteiger partial charge in [0.15, 0.2) is 0 Å². The predicted octanol–water partition coefficient (Wildman–Crippen LogP) is 2.52. The highest BCUT2D eigenvalue weighted by atomic mass is 32.2. The number of sulfonamides is 1. The molecule has 3 aliphatic carbocycles. The molecule has 3 saturated carbocycles. The maximum Gasteiger partial charge on any atom is 0.315 e. The number of hydrogen-bond acceptors (Lipinski definition) is 8. The summed E-state index contributed by atoms with van der Waals surface area (Å²) in [4.78, 5) is 74.9. The van der Waals surface area contributed by atoms with E-state index in [2.05, 4.69) is 35.1 Å². The molecule has 0 spiro atoms. The Morgan fingerprint density at radius 3 is 2.12 bits per heavy atom. The van der Waals surface area contributed by atoms with Crippen LogP contribution in [-0.4, -0.2) is 103 Å². The number of Topliss-reactive ketones (excluding diaryl/α,β-unsaturated/α-hetero) is 1. The van der Waals surface area contributed by atoms with Crippen LogP contribution in [0, 0.1) is 17.3 Å². The normalized spacial score (nSPS) is 30.4.